The number of hydrazine groups is 1. The average Bonchev–Trinajstić information content (AvgIpc) is 2.46. The maximum atomic E-state index is 6.00. The number of benzene rings is 1. The number of anilines is 2. The standard InChI is InChI=1S/C13H16ClN5S/c1-19(8-9-4-3-5-10(14)6-9)12-7-11(18-15)16-13(17-12)20-2/h3-7H,8,15H2,1-2H3,(H,16,17,18). The molecule has 0 radical (unpaired) electrons. The molecule has 0 atom stereocenters. The Bertz CT molecular complexity index is 570. The van der Waals surface area contributed by atoms with Crippen molar-refractivity contribution in [2.45, 2.75) is 11.7 Å². The first-order chi connectivity index (χ1) is 9.62. The number of thioether (sulfide) groups is 1. The second-order valence-corrected chi connectivity index (χ2v) is 5.44. The summed E-state index contributed by atoms with van der Waals surface area (Å²) in [5.74, 6) is 6.83. The summed E-state index contributed by atoms with van der Waals surface area (Å²) < 4.78 is 0. The van der Waals surface area contributed by atoms with Crippen molar-refractivity contribution >= 4 is 35.0 Å². The van der Waals surface area contributed by atoms with Crippen molar-refractivity contribution in [1.29, 1.82) is 0 Å². The minimum atomic E-state index is 0.595. The van der Waals surface area contributed by atoms with E-state index in [1.807, 2.05) is 48.5 Å². The zero-order chi connectivity index (χ0) is 14.5. The molecule has 106 valence electrons. The predicted molar refractivity (Wildman–Crippen MR) is 85.2 cm³/mol. The number of nitrogen functional groups attached to an aromatic ring is 1. The Morgan fingerprint density at radius 1 is 1.35 bits per heavy atom. The fourth-order valence-electron chi connectivity index (χ4n) is 1.76. The maximum absolute atomic E-state index is 6.00. The summed E-state index contributed by atoms with van der Waals surface area (Å²) in [6.45, 7) is 0.704. The Morgan fingerprint density at radius 3 is 2.80 bits per heavy atom. The lowest BCUT2D eigenvalue weighted by Crippen LogP contribution is -2.19. The quantitative estimate of drug-likeness (QED) is 0.383. The molecule has 1 aromatic heterocycles. The number of hydrogen-bond acceptors (Lipinski definition) is 6. The van der Waals surface area contributed by atoms with Crippen LogP contribution in [-0.2, 0) is 6.54 Å². The molecule has 20 heavy (non-hydrogen) atoms. The van der Waals surface area contributed by atoms with Crippen LogP contribution in [0.4, 0.5) is 11.6 Å². The molecule has 1 heterocycles. The molecule has 0 bridgehead atoms. The van der Waals surface area contributed by atoms with Gasteiger partial charge in [-0.3, -0.25) is 0 Å². The van der Waals surface area contributed by atoms with Gasteiger partial charge >= 0.3 is 0 Å². The van der Waals surface area contributed by atoms with E-state index < -0.39 is 0 Å². The average molecular weight is 310 g/mol. The summed E-state index contributed by atoms with van der Waals surface area (Å²) in [6.07, 6.45) is 1.93. The summed E-state index contributed by atoms with van der Waals surface area (Å²) in [5.41, 5.74) is 3.67. The van der Waals surface area contributed by atoms with Crippen molar-refractivity contribution in [1.82, 2.24) is 9.97 Å². The second-order valence-electron chi connectivity index (χ2n) is 4.23. The molecule has 0 amide bonds. The van der Waals surface area contributed by atoms with Gasteiger partial charge in [0.05, 0.1) is 0 Å². The van der Waals surface area contributed by atoms with Gasteiger partial charge in [-0.15, -0.1) is 0 Å². The Morgan fingerprint density at radius 2 is 2.15 bits per heavy atom. The number of nitrogens with one attached hydrogen (secondary N) is 1. The van der Waals surface area contributed by atoms with E-state index in [2.05, 4.69) is 15.4 Å². The van der Waals surface area contributed by atoms with Crippen LogP contribution in [0.3, 0.4) is 0 Å². The molecule has 3 N–H and O–H groups in total. The van der Waals surface area contributed by atoms with Crippen LogP contribution >= 0.6 is 23.4 Å². The number of hydrogen-bond donors (Lipinski definition) is 2. The van der Waals surface area contributed by atoms with Crippen molar-refractivity contribution in [3.05, 3.63) is 40.9 Å². The van der Waals surface area contributed by atoms with Gasteiger partial charge < -0.3 is 10.3 Å². The number of nitrogens with two attached hydrogens (primary N) is 1. The molecule has 0 aliphatic rings. The van der Waals surface area contributed by atoms with Crippen LogP contribution in [0, 0.1) is 0 Å². The van der Waals surface area contributed by atoms with E-state index in [-0.39, 0.29) is 0 Å². The van der Waals surface area contributed by atoms with Crippen LogP contribution in [0.2, 0.25) is 5.02 Å². The van der Waals surface area contributed by atoms with Gasteiger partial charge in [-0.2, -0.15) is 0 Å². The molecule has 0 fully saturated rings. The molecular formula is C13H16ClN5S. The van der Waals surface area contributed by atoms with E-state index in [0.29, 0.717) is 17.5 Å². The normalized spacial score (nSPS) is 10.4. The van der Waals surface area contributed by atoms with E-state index >= 15 is 0 Å². The van der Waals surface area contributed by atoms with E-state index in [4.69, 9.17) is 17.4 Å². The first-order valence-electron chi connectivity index (χ1n) is 5.97. The number of nitrogens with zero attached hydrogens (tertiary/aromatic N) is 3. The van der Waals surface area contributed by atoms with Gasteiger partial charge in [0.1, 0.15) is 11.6 Å². The van der Waals surface area contributed by atoms with Crippen molar-refractivity contribution in [2.24, 2.45) is 5.84 Å². The highest BCUT2D eigenvalue weighted by molar-refractivity contribution is 7.98. The molecule has 2 aromatic rings. The lowest BCUT2D eigenvalue weighted by molar-refractivity contribution is 0.857. The summed E-state index contributed by atoms with van der Waals surface area (Å²) >= 11 is 7.47. The molecule has 0 aliphatic heterocycles. The molecule has 0 saturated carbocycles. The number of aromatic nitrogens is 2. The summed E-state index contributed by atoms with van der Waals surface area (Å²) in [5, 5.41) is 1.40. The van der Waals surface area contributed by atoms with Crippen LogP contribution in [0.25, 0.3) is 0 Å². The Kier molecular flexibility index (Phi) is 5.05. The molecule has 5 nitrogen and oxygen atoms in total. The zero-order valence-electron chi connectivity index (χ0n) is 11.3. The molecular weight excluding hydrogens is 294 g/mol. The van der Waals surface area contributed by atoms with Crippen molar-refractivity contribution < 1.29 is 0 Å². The fourth-order valence-corrected chi connectivity index (χ4v) is 2.35. The third-order valence-electron chi connectivity index (χ3n) is 2.72. The third-order valence-corrected chi connectivity index (χ3v) is 3.51. The smallest absolute Gasteiger partial charge is 0.191 e. The number of halogens is 1. The van der Waals surface area contributed by atoms with Gasteiger partial charge in [0.2, 0.25) is 0 Å². The van der Waals surface area contributed by atoms with Gasteiger partial charge in [-0.1, -0.05) is 35.5 Å². The van der Waals surface area contributed by atoms with Gasteiger partial charge in [0.25, 0.3) is 0 Å². The van der Waals surface area contributed by atoms with E-state index in [0.717, 1.165) is 16.4 Å². The number of rotatable bonds is 5. The first kappa shape index (κ1) is 14.9. The van der Waals surface area contributed by atoms with E-state index in [9.17, 15) is 0 Å². The van der Waals surface area contributed by atoms with Gasteiger partial charge in [-0.25, -0.2) is 15.8 Å². The highest BCUT2D eigenvalue weighted by Gasteiger charge is 2.08. The lowest BCUT2D eigenvalue weighted by atomic mass is 10.2. The molecule has 0 saturated heterocycles. The van der Waals surface area contributed by atoms with Crippen molar-refractivity contribution in [2.75, 3.05) is 23.6 Å². The summed E-state index contributed by atoms with van der Waals surface area (Å²) in [7, 11) is 1.97. The molecule has 2 rings (SSSR count). The van der Waals surface area contributed by atoms with Crippen molar-refractivity contribution in [3.63, 3.8) is 0 Å². The topological polar surface area (TPSA) is 67.1 Å². The molecule has 0 aliphatic carbocycles. The van der Waals surface area contributed by atoms with E-state index in [1.165, 1.54) is 11.8 Å². The maximum Gasteiger partial charge on any atom is 0.191 e. The largest absolute Gasteiger partial charge is 0.355 e. The lowest BCUT2D eigenvalue weighted by Gasteiger charge is -2.19. The van der Waals surface area contributed by atoms with Crippen LogP contribution in [0.15, 0.2) is 35.5 Å². The molecule has 0 spiro atoms. The van der Waals surface area contributed by atoms with Crippen LogP contribution in [0.1, 0.15) is 5.56 Å². The highest BCUT2D eigenvalue weighted by atomic mass is 35.5. The Labute approximate surface area is 127 Å². The monoisotopic (exact) mass is 309 g/mol. The molecule has 1 aromatic carbocycles. The first-order valence-corrected chi connectivity index (χ1v) is 7.58. The van der Waals surface area contributed by atoms with Crippen molar-refractivity contribution in [3.8, 4) is 0 Å². The minimum Gasteiger partial charge on any atom is -0.355 e. The van der Waals surface area contributed by atoms with Gasteiger partial charge in [0.15, 0.2) is 5.16 Å². The van der Waals surface area contributed by atoms with Crippen LogP contribution < -0.4 is 16.2 Å². The Balaban J connectivity index is 2.22. The van der Waals surface area contributed by atoms with Gasteiger partial charge in [0, 0.05) is 24.7 Å². The van der Waals surface area contributed by atoms with Crippen LogP contribution in [-0.4, -0.2) is 23.3 Å². The van der Waals surface area contributed by atoms with Gasteiger partial charge in [-0.05, 0) is 24.0 Å². The zero-order valence-corrected chi connectivity index (χ0v) is 12.9. The molecule has 0 unspecified atom stereocenters. The predicted octanol–water partition coefficient (Wildman–Crippen LogP) is 2.77. The Hall–Kier alpha value is -1.50. The van der Waals surface area contributed by atoms with Crippen LogP contribution in [0.5, 0.6) is 0 Å². The second kappa shape index (κ2) is 6.78. The molecule has 7 heteroatoms. The fraction of sp³-hybridized carbons (Fsp3) is 0.231. The minimum absolute atomic E-state index is 0.595. The third kappa shape index (κ3) is 3.75. The summed E-state index contributed by atoms with van der Waals surface area (Å²) in [6, 6.07) is 9.58. The van der Waals surface area contributed by atoms with E-state index in [1.54, 1.807) is 0 Å². The summed E-state index contributed by atoms with van der Waals surface area (Å²) in [4.78, 5) is 10.7. The SMILES string of the molecule is CSc1nc(NN)cc(N(C)Cc2cccc(Cl)c2)n1. The highest BCUT2D eigenvalue weighted by Crippen LogP contribution is 2.21.